The molecule has 3 heterocycles. The van der Waals surface area contributed by atoms with Crippen LogP contribution in [0.15, 0.2) is 82.1 Å². The number of hydrogen-bond acceptors (Lipinski definition) is 7. The minimum Gasteiger partial charge on any atom is -0.443 e. The molecule has 0 radical (unpaired) electrons. The summed E-state index contributed by atoms with van der Waals surface area (Å²) in [6.45, 7) is 1.35. The Bertz CT molecular complexity index is 1640. The Labute approximate surface area is 229 Å². The normalized spacial score (nSPS) is 14.0. The molecule has 202 valence electrons. The van der Waals surface area contributed by atoms with Gasteiger partial charge in [-0.2, -0.15) is 4.98 Å². The molecule has 3 aromatic carbocycles. The van der Waals surface area contributed by atoms with E-state index in [-0.39, 0.29) is 24.1 Å². The van der Waals surface area contributed by atoms with E-state index in [0.29, 0.717) is 65.1 Å². The van der Waals surface area contributed by atoms with Crippen LogP contribution in [0.5, 0.6) is 0 Å². The van der Waals surface area contributed by atoms with Gasteiger partial charge >= 0.3 is 0 Å². The largest absolute Gasteiger partial charge is 0.443 e. The first-order valence-electron chi connectivity index (χ1n) is 13.1. The van der Waals surface area contributed by atoms with Crippen molar-refractivity contribution in [2.75, 3.05) is 18.4 Å². The first kappa shape index (κ1) is 25.4. The maximum Gasteiger partial charge on any atom is 0.255 e. The number of anilines is 1. The molecule has 5 aromatic rings. The summed E-state index contributed by atoms with van der Waals surface area (Å²) in [5.74, 6) is 0.611. The Morgan fingerprint density at radius 2 is 1.77 bits per heavy atom. The van der Waals surface area contributed by atoms with Gasteiger partial charge in [0.15, 0.2) is 12.0 Å². The fourth-order valence-corrected chi connectivity index (χ4v) is 4.95. The number of rotatable bonds is 7. The summed E-state index contributed by atoms with van der Waals surface area (Å²) in [5, 5.41) is 6.86. The number of fused-ring (bicyclic) bond motifs is 1. The highest BCUT2D eigenvalue weighted by Crippen LogP contribution is 2.29. The zero-order valence-electron chi connectivity index (χ0n) is 21.5. The van der Waals surface area contributed by atoms with Crippen LogP contribution in [-0.4, -0.2) is 44.9 Å². The van der Waals surface area contributed by atoms with Gasteiger partial charge in [0, 0.05) is 42.7 Å². The monoisotopic (exact) mass is 539 g/mol. The maximum absolute atomic E-state index is 13.1. The molecule has 1 aliphatic heterocycles. The number of oxazole rings is 1. The number of hydrogen-bond donors (Lipinski definition) is 1. The number of carbonyl (C=O) groups excluding carboxylic acids is 2. The van der Waals surface area contributed by atoms with Crippen LogP contribution in [0.3, 0.4) is 0 Å². The second-order valence-corrected chi connectivity index (χ2v) is 9.78. The van der Waals surface area contributed by atoms with Crippen molar-refractivity contribution >= 4 is 28.6 Å². The van der Waals surface area contributed by atoms with Gasteiger partial charge in [-0.25, -0.2) is 9.37 Å². The Hall–Kier alpha value is -4.86. The van der Waals surface area contributed by atoms with Crippen molar-refractivity contribution in [1.82, 2.24) is 20.0 Å². The first-order valence-corrected chi connectivity index (χ1v) is 13.1. The third kappa shape index (κ3) is 5.61. The highest BCUT2D eigenvalue weighted by Gasteiger charge is 2.24. The molecule has 2 aromatic heterocycles. The van der Waals surface area contributed by atoms with Gasteiger partial charge in [-0.05, 0) is 78.9 Å². The number of nitrogens with zero attached hydrogens (tertiary/aromatic N) is 4. The number of amides is 2. The maximum atomic E-state index is 13.1. The average molecular weight is 540 g/mol. The number of nitrogens with one attached hydrogen (secondary N) is 1. The van der Waals surface area contributed by atoms with E-state index in [0.717, 1.165) is 12.8 Å². The smallest absolute Gasteiger partial charge is 0.255 e. The molecule has 0 spiro atoms. The second-order valence-electron chi connectivity index (χ2n) is 9.78. The van der Waals surface area contributed by atoms with Crippen LogP contribution >= 0.6 is 0 Å². The summed E-state index contributed by atoms with van der Waals surface area (Å²) in [6, 6.07) is 18.9. The van der Waals surface area contributed by atoms with Crippen LogP contribution in [-0.2, 0) is 11.2 Å². The summed E-state index contributed by atoms with van der Waals surface area (Å²) in [4.78, 5) is 35.7. The van der Waals surface area contributed by atoms with Gasteiger partial charge in [-0.15, -0.1) is 0 Å². The molecule has 9 nitrogen and oxygen atoms in total. The SMILES string of the molecule is O=C(Nc1ccc(C2CCN(C(=O)CCc3nc(-c4ccc(F)cc4)no3)CC2)cc1)c1ccc2ncoc2c1. The molecule has 1 saturated heterocycles. The molecule has 0 bridgehead atoms. The lowest BCUT2D eigenvalue weighted by Gasteiger charge is -2.32. The molecular weight excluding hydrogens is 513 g/mol. The Balaban J connectivity index is 0.975. The average Bonchev–Trinajstić information content (AvgIpc) is 3.66. The van der Waals surface area contributed by atoms with Gasteiger partial charge < -0.3 is 19.2 Å². The summed E-state index contributed by atoms with van der Waals surface area (Å²) >= 11 is 0. The lowest BCUT2D eigenvalue weighted by Crippen LogP contribution is -2.38. The quantitative estimate of drug-likeness (QED) is 0.286. The van der Waals surface area contributed by atoms with Crippen molar-refractivity contribution in [1.29, 1.82) is 0 Å². The van der Waals surface area contributed by atoms with Crippen LogP contribution in [0.25, 0.3) is 22.5 Å². The van der Waals surface area contributed by atoms with E-state index in [1.807, 2.05) is 29.2 Å². The molecule has 2 amide bonds. The van der Waals surface area contributed by atoms with E-state index in [1.165, 1.54) is 24.1 Å². The molecule has 0 aliphatic carbocycles. The standard InChI is InChI=1S/C30H26FN5O4/c31-23-6-1-21(2-7-23)29-34-27(40-35-29)11-12-28(37)36-15-13-20(14-16-36)19-3-8-24(9-4-19)33-30(38)22-5-10-25-26(17-22)39-18-32-25/h1-10,17-18,20H,11-16H2,(H,33,38). The number of likely N-dealkylation sites (tertiary alicyclic amines) is 1. The minimum absolute atomic E-state index is 0.0570. The topological polar surface area (TPSA) is 114 Å². The number of benzene rings is 3. The molecule has 1 aliphatic rings. The summed E-state index contributed by atoms with van der Waals surface area (Å²) in [7, 11) is 0. The molecule has 10 heteroatoms. The Morgan fingerprint density at radius 1 is 1.00 bits per heavy atom. The van der Waals surface area contributed by atoms with Crippen molar-refractivity contribution in [3.63, 3.8) is 0 Å². The summed E-state index contributed by atoms with van der Waals surface area (Å²) < 4.78 is 23.7. The van der Waals surface area contributed by atoms with E-state index in [9.17, 15) is 14.0 Å². The van der Waals surface area contributed by atoms with Crippen molar-refractivity contribution in [2.24, 2.45) is 0 Å². The number of aromatic nitrogens is 3. The van der Waals surface area contributed by atoms with Crippen LogP contribution in [0.1, 0.15) is 47.0 Å². The third-order valence-electron chi connectivity index (χ3n) is 7.20. The lowest BCUT2D eigenvalue weighted by molar-refractivity contribution is -0.132. The van der Waals surface area contributed by atoms with Gasteiger partial charge in [0.1, 0.15) is 11.3 Å². The zero-order chi connectivity index (χ0) is 27.5. The van der Waals surface area contributed by atoms with Gasteiger partial charge in [-0.3, -0.25) is 9.59 Å². The van der Waals surface area contributed by atoms with E-state index >= 15 is 0 Å². The molecule has 0 unspecified atom stereocenters. The highest BCUT2D eigenvalue weighted by molar-refractivity contribution is 6.05. The second kappa shape index (κ2) is 11.1. The van der Waals surface area contributed by atoms with Crippen molar-refractivity contribution < 1.29 is 22.9 Å². The van der Waals surface area contributed by atoms with Crippen LogP contribution in [0.2, 0.25) is 0 Å². The third-order valence-corrected chi connectivity index (χ3v) is 7.20. The van der Waals surface area contributed by atoms with E-state index < -0.39 is 0 Å². The molecule has 1 fully saturated rings. The molecule has 0 saturated carbocycles. The zero-order valence-corrected chi connectivity index (χ0v) is 21.5. The van der Waals surface area contributed by atoms with Crippen molar-refractivity contribution in [3.8, 4) is 11.4 Å². The molecular formula is C30H26FN5O4. The summed E-state index contributed by atoms with van der Waals surface area (Å²) in [6.07, 6.45) is 3.72. The van der Waals surface area contributed by atoms with E-state index in [4.69, 9.17) is 8.94 Å². The summed E-state index contributed by atoms with van der Waals surface area (Å²) in [5.41, 5.74) is 4.33. The van der Waals surface area contributed by atoms with Gasteiger partial charge in [-0.1, -0.05) is 17.3 Å². The van der Waals surface area contributed by atoms with Gasteiger partial charge in [0.05, 0.1) is 0 Å². The van der Waals surface area contributed by atoms with Crippen LogP contribution in [0, 0.1) is 5.82 Å². The van der Waals surface area contributed by atoms with Crippen molar-refractivity contribution in [2.45, 2.75) is 31.6 Å². The van der Waals surface area contributed by atoms with E-state index in [2.05, 4.69) is 20.4 Å². The number of halogens is 1. The van der Waals surface area contributed by atoms with Gasteiger partial charge in [0.25, 0.3) is 5.91 Å². The highest BCUT2D eigenvalue weighted by atomic mass is 19.1. The van der Waals surface area contributed by atoms with Gasteiger partial charge in [0.2, 0.25) is 17.6 Å². The molecule has 0 atom stereocenters. The molecule has 40 heavy (non-hydrogen) atoms. The molecule has 6 rings (SSSR count). The predicted octanol–water partition coefficient (Wildman–Crippen LogP) is 5.61. The fraction of sp³-hybridized carbons (Fsp3) is 0.233. The predicted molar refractivity (Wildman–Crippen MR) is 145 cm³/mol. The fourth-order valence-electron chi connectivity index (χ4n) is 4.95. The van der Waals surface area contributed by atoms with Crippen molar-refractivity contribution in [3.05, 3.63) is 96.0 Å². The van der Waals surface area contributed by atoms with Crippen LogP contribution < -0.4 is 5.32 Å². The number of carbonyl (C=O) groups is 2. The number of piperidine rings is 1. The van der Waals surface area contributed by atoms with E-state index in [1.54, 1.807) is 30.3 Å². The number of aryl methyl sites for hydroxylation is 1. The molecule has 1 N–H and O–H groups in total. The minimum atomic E-state index is -0.332. The Morgan fingerprint density at radius 3 is 2.55 bits per heavy atom. The van der Waals surface area contributed by atoms with Crippen LogP contribution in [0.4, 0.5) is 10.1 Å². The lowest BCUT2D eigenvalue weighted by atomic mass is 9.89. The first-order chi connectivity index (χ1) is 19.5. The Kier molecular flexibility index (Phi) is 7.05.